The van der Waals surface area contributed by atoms with Crippen molar-refractivity contribution < 1.29 is 0 Å². The van der Waals surface area contributed by atoms with Crippen LogP contribution in [0.2, 0.25) is 0 Å². The summed E-state index contributed by atoms with van der Waals surface area (Å²) in [7, 11) is 0. The standard InChI is InChI=1S/3S.2Sb/q3*-2;;. The summed E-state index contributed by atoms with van der Waals surface area (Å²) in [5.41, 5.74) is 0. The van der Waals surface area contributed by atoms with E-state index in [2.05, 4.69) is 0 Å². The summed E-state index contributed by atoms with van der Waals surface area (Å²) in [6, 6.07) is 0. The molecule has 0 aliphatic heterocycles. The third kappa shape index (κ3) is 20.3. The van der Waals surface area contributed by atoms with Crippen LogP contribution in [0.5, 0.6) is 0 Å². The summed E-state index contributed by atoms with van der Waals surface area (Å²) in [5.74, 6) is 0. The molecule has 0 aliphatic rings. The predicted octanol–water partition coefficient (Wildman–Crippen LogP) is -0.769. The molecule has 0 rings (SSSR count). The molecule has 6 radical (unpaired) electrons. The van der Waals surface area contributed by atoms with Crippen molar-refractivity contribution >= 4 is 89.3 Å². The first kappa shape index (κ1) is 47.6. The van der Waals surface area contributed by atoms with Crippen LogP contribution in [0.4, 0.5) is 0 Å². The van der Waals surface area contributed by atoms with E-state index in [1.807, 2.05) is 0 Å². The fourth-order valence-corrected chi connectivity index (χ4v) is 0. The van der Waals surface area contributed by atoms with Gasteiger partial charge < -0.3 is 40.5 Å². The van der Waals surface area contributed by atoms with Crippen LogP contribution in [-0.2, 0) is 40.5 Å². The Hall–Kier alpha value is 2.69. The topological polar surface area (TPSA) is 0 Å². The first-order chi connectivity index (χ1) is 0. The zero-order valence-electron chi connectivity index (χ0n) is 2.12. The maximum atomic E-state index is 0. The fraction of sp³-hybridized carbons (Fsp3) is 0. The van der Waals surface area contributed by atoms with Crippen LogP contribution in [-0.4, -0.2) is 48.9 Å². The fourth-order valence-electron chi connectivity index (χ4n) is 0. The van der Waals surface area contributed by atoms with E-state index in [0.717, 1.165) is 0 Å². The molecule has 0 aromatic heterocycles. The monoisotopic (exact) mass is 338 g/mol. The summed E-state index contributed by atoms with van der Waals surface area (Å²) in [6.45, 7) is 0. The average molecular weight is 340 g/mol. The van der Waals surface area contributed by atoms with Crippen LogP contribution in [0, 0.1) is 0 Å². The summed E-state index contributed by atoms with van der Waals surface area (Å²) in [5, 5.41) is 0. The Balaban J connectivity index is 0. The minimum absolute atomic E-state index is 0. The second-order valence-electron chi connectivity index (χ2n) is 0. The number of rotatable bonds is 0. The van der Waals surface area contributed by atoms with Gasteiger partial charge in [-0.05, 0) is 0 Å². The quantitative estimate of drug-likeness (QED) is 0.509. The van der Waals surface area contributed by atoms with Crippen LogP contribution in [0.25, 0.3) is 0 Å². The largest absolute Gasteiger partial charge is 2.00 e. The molecular formula is S3Sb2-6. The van der Waals surface area contributed by atoms with Crippen molar-refractivity contribution in [3.63, 3.8) is 0 Å². The van der Waals surface area contributed by atoms with Gasteiger partial charge in [-0.2, -0.15) is 0 Å². The second kappa shape index (κ2) is 30.0. The number of hydrogen-bond donors (Lipinski definition) is 0. The van der Waals surface area contributed by atoms with E-state index in [1.165, 1.54) is 0 Å². The van der Waals surface area contributed by atoms with E-state index in [0.29, 0.717) is 0 Å². The Morgan fingerprint density at radius 3 is 0.400 bits per heavy atom. The summed E-state index contributed by atoms with van der Waals surface area (Å²) >= 11 is 0. The van der Waals surface area contributed by atoms with Crippen molar-refractivity contribution in [3.05, 3.63) is 0 Å². The minimum Gasteiger partial charge on any atom is -2.00 e. The molecule has 0 aromatic rings. The third-order valence-electron chi connectivity index (χ3n) is 0. The van der Waals surface area contributed by atoms with Gasteiger partial charge >= 0.3 is 0 Å². The van der Waals surface area contributed by atoms with E-state index in [9.17, 15) is 0 Å². The van der Waals surface area contributed by atoms with Crippen molar-refractivity contribution in [2.75, 3.05) is 0 Å². The Morgan fingerprint density at radius 1 is 0.400 bits per heavy atom. The van der Waals surface area contributed by atoms with E-state index in [1.54, 1.807) is 0 Å². The first-order valence-corrected chi connectivity index (χ1v) is 0. The van der Waals surface area contributed by atoms with Crippen molar-refractivity contribution in [1.82, 2.24) is 0 Å². The molecule has 0 unspecified atom stereocenters. The second-order valence-corrected chi connectivity index (χ2v) is 0. The Kier molecular flexibility index (Phi) is 285. The molecular weight excluding hydrogens is 340 g/mol. The normalized spacial score (nSPS) is 0. The maximum absolute atomic E-state index is 0. The summed E-state index contributed by atoms with van der Waals surface area (Å²) in [4.78, 5) is 0. The smallest absolute Gasteiger partial charge is 0 e. The van der Waals surface area contributed by atoms with Gasteiger partial charge in [0, 0.05) is 48.9 Å². The van der Waals surface area contributed by atoms with Crippen molar-refractivity contribution in [2.24, 2.45) is 0 Å². The molecule has 5 heteroatoms. The van der Waals surface area contributed by atoms with Crippen LogP contribution < -0.4 is 0 Å². The van der Waals surface area contributed by atoms with Gasteiger partial charge in [-0.25, -0.2) is 0 Å². The molecule has 0 aromatic carbocycles. The molecule has 0 saturated heterocycles. The SMILES string of the molecule is [S-2].[S-2].[S-2].[Sb].[Sb]. The summed E-state index contributed by atoms with van der Waals surface area (Å²) < 4.78 is 0. The van der Waals surface area contributed by atoms with Crippen LogP contribution in [0.1, 0.15) is 0 Å². The average Bonchev–Trinajstić information content (AvgIpc) is 0. The van der Waals surface area contributed by atoms with Gasteiger partial charge in [-0.1, -0.05) is 0 Å². The van der Waals surface area contributed by atoms with Crippen LogP contribution in [0.3, 0.4) is 0 Å². The molecule has 0 amide bonds. The molecule has 0 aliphatic carbocycles. The Morgan fingerprint density at radius 2 is 0.400 bits per heavy atom. The van der Waals surface area contributed by atoms with Crippen molar-refractivity contribution in [3.8, 4) is 0 Å². The molecule has 0 saturated carbocycles. The predicted molar refractivity (Wildman–Crippen MR) is 33.6 cm³/mol. The van der Waals surface area contributed by atoms with Crippen molar-refractivity contribution in [2.45, 2.75) is 0 Å². The molecule has 0 bridgehead atoms. The molecule has 5 heavy (non-hydrogen) atoms. The molecule has 0 atom stereocenters. The molecule has 0 spiro atoms. The first-order valence-electron chi connectivity index (χ1n) is 0. The van der Waals surface area contributed by atoms with E-state index >= 15 is 0 Å². The van der Waals surface area contributed by atoms with Gasteiger partial charge in [0.2, 0.25) is 0 Å². The van der Waals surface area contributed by atoms with Gasteiger partial charge in [0.05, 0.1) is 0 Å². The molecule has 0 fully saturated rings. The van der Waals surface area contributed by atoms with Gasteiger partial charge in [0.15, 0.2) is 0 Å². The molecule has 34 valence electrons. The van der Waals surface area contributed by atoms with Gasteiger partial charge in [-0.15, -0.1) is 0 Å². The van der Waals surface area contributed by atoms with E-state index in [-0.39, 0.29) is 89.3 Å². The maximum Gasteiger partial charge on any atom is 0 e. The zero-order valence-corrected chi connectivity index (χ0v) is 9.67. The summed E-state index contributed by atoms with van der Waals surface area (Å²) in [6.07, 6.45) is 0. The van der Waals surface area contributed by atoms with E-state index in [4.69, 9.17) is 0 Å². The van der Waals surface area contributed by atoms with Crippen LogP contribution >= 0.6 is 0 Å². The Labute approximate surface area is 88.1 Å². The van der Waals surface area contributed by atoms with Gasteiger partial charge in [-0.3, -0.25) is 0 Å². The zero-order chi connectivity index (χ0) is 0. The van der Waals surface area contributed by atoms with Gasteiger partial charge in [0.1, 0.15) is 0 Å². The molecule has 0 N–H and O–H groups in total. The molecule has 0 heterocycles. The Bertz CT molecular complexity index is 4.85. The van der Waals surface area contributed by atoms with Crippen LogP contribution in [0.15, 0.2) is 0 Å². The van der Waals surface area contributed by atoms with Gasteiger partial charge in [0.25, 0.3) is 0 Å². The minimum atomic E-state index is 0. The van der Waals surface area contributed by atoms with E-state index < -0.39 is 0 Å². The third-order valence-corrected chi connectivity index (χ3v) is 0. The van der Waals surface area contributed by atoms with Crippen molar-refractivity contribution in [1.29, 1.82) is 0 Å². The molecule has 0 nitrogen and oxygen atoms in total. The number of hydrogen-bond acceptors (Lipinski definition) is 0.